The molecule has 9 heteroatoms. The van der Waals surface area contributed by atoms with Crippen molar-refractivity contribution in [1.82, 2.24) is 5.43 Å². The SMILES string of the molecule is COC(=O)C1=NNC2C(=O)N(c3ccc(NC(C)=O)cc3)C(=O)C12. The van der Waals surface area contributed by atoms with Gasteiger partial charge < -0.3 is 10.1 Å². The summed E-state index contributed by atoms with van der Waals surface area (Å²) >= 11 is 0. The van der Waals surface area contributed by atoms with Gasteiger partial charge in [-0.15, -0.1) is 0 Å². The van der Waals surface area contributed by atoms with Gasteiger partial charge in [-0.1, -0.05) is 0 Å². The van der Waals surface area contributed by atoms with Crippen LogP contribution in [0, 0.1) is 5.92 Å². The van der Waals surface area contributed by atoms with E-state index in [1.807, 2.05) is 0 Å². The molecule has 2 atom stereocenters. The van der Waals surface area contributed by atoms with Gasteiger partial charge in [-0.2, -0.15) is 5.10 Å². The number of carbonyl (C=O) groups excluding carboxylic acids is 4. The Balaban J connectivity index is 1.87. The number of anilines is 2. The molecular weight excluding hydrogens is 316 g/mol. The summed E-state index contributed by atoms with van der Waals surface area (Å²) in [5.41, 5.74) is 3.30. The molecule has 124 valence electrons. The second-order valence-corrected chi connectivity index (χ2v) is 5.31. The summed E-state index contributed by atoms with van der Waals surface area (Å²) in [7, 11) is 1.18. The molecule has 9 nitrogen and oxygen atoms in total. The quantitative estimate of drug-likeness (QED) is 0.577. The van der Waals surface area contributed by atoms with Gasteiger partial charge in [0.1, 0.15) is 12.0 Å². The molecule has 1 aromatic carbocycles. The van der Waals surface area contributed by atoms with Crippen LogP contribution in [0.2, 0.25) is 0 Å². The molecule has 24 heavy (non-hydrogen) atoms. The van der Waals surface area contributed by atoms with Gasteiger partial charge in [-0.05, 0) is 24.3 Å². The minimum Gasteiger partial charge on any atom is -0.464 e. The summed E-state index contributed by atoms with van der Waals surface area (Å²) in [6.07, 6.45) is 0. The van der Waals surface area contributed by atoms with E-state index < -0.39 is 29.7 Å². The van der Waals surface area contributed by atoms with Crippen LogP contribution >= 0.6 is 0 Å². The normalized spacial score (nSPS) is 21.9. The topological polar surface area (TPSA) is 117 Å². The molecule has 0 saturated carbocycles. The lowest BCUT2D eigenvalue weighted by Gasteiger charge is -2.16. The number of rotatable bonds is 3. The Hall–Kier alpha value is -3.23. The highest BCUT2D eigenvalue weighted by atomic mass is 16.5. The number of hydrazone groups is 1. The van der Waals surface area contributed by atoms with E-state index in [9.17, 15) is 19.2 Å². The summed E-state index contributed by atoms with van der Waals surface area (Å²) < 4.78 is 4.59. The lowest BCUT2D eigenvalue weighted by Crippen LogP contribution is -2.36. The first-order chi connectivity index (χ1) is 11.4. The first-order valence-electron chi connectivity index (χ1n) is 7.11. The first kappa shape index (κ1) is 15.7. The number of nitrogens with one attached hydrogen (secondary N) is 2. The maximum atomic E-state index is 12.6. The number of amides is 3. The van der Waals surface area contributed by atoms with E-state index in [0.717, 1.165) is 4.90 Å². The van der Waals surface area contributed by atoms with Crippen LogP contribution in [0.15, 0.2) is 29.4 Å². The second-order valence-electron chi connectivity index (χ2n) is 5.31. The molecule has 1 fully saturated rings. The highest BCUT2D eigenvalue weighted by Crippen LogP contribution is 2.31. The third-order valence-electron chi connectivity index (χ3n) is 3.77. The molecule has 3 rings (SSSR count). The zero-order chi connectivity index (χ0) is 17.4. The molecule has 3 amide bonds. The predicted molar refractivity (Wildman–Crippen MR) is 83.1 cm³/mol. The summed E-state index contributed by atoms with van der Waals surface area (Å²) in [5, 5.41) is 6.34. The molecular formula is C15H14N4O5. The molecule has 0 spiro atoms. The Morgan fingerprint density at radius 3 is 2.46 bits per heavy atom. The zero-order valence-corrected chi connectivity index (χ0v) is 12.9. The Bertz CT molecular complexity index is 771. The van der Waals surface area contributed by atoms with Gasteiger partial charge in [0.25, 0.3) is 5.91 Å². The number of hydrogen-bond acceptors (Lipinski definition) is 7. The largest absolute Gasteiger partial charge is 0.464 e. The Labute approximate surface area is 136 Å². The lowest BCUT2D eigenvalue weighted by molar-refractivity contribution is -0.133. The van der Waals surface area contributed by atoms with Crippen molar-refractivity contribution in [3.05, 3.63) is 24.3 Å². The molecule has 0 bridgehead atoms. The van der Waals surface area contributed by atoms with Crippen LogP contribution in [-0.4, -0.2) is 42.6 Å². The number of fused-ring (bicyclic) bond motifs is 1. The van der Waals surface area contributed by atoms with Crippen LogP contribution in [0.1, 0.15) is 6.92 Å². The fourth-order valence-corrected chi connectivity index (χ4v) is 2.71. The predicted octanol–water partition coefficient (Wildman–Crippen LogP) is -0.365. The van der Waals surface area contributed by atoms with E-state index in [2.05, 4.69) is 20.6 Å². The maximum absolute atomic E-state index is 12.6. The average molecular weight is 330 g/mol. The van der Waals surface area contributed by atoms with Crippen molar-refractivity contribution in [2.45, 2.75) is 13.0 Å². The van der Waals surface area contributed by atoms with Crippen LogP contribution in [0.5, 0.6) is 0 Å². The van der Waals surface area contributed by atoms with Gasteiger partial charge in [0.15, 0.2) is 5.71 Å². The summed E-state index contributed by atoms with van der Waals surface area (Å²) in [6.45, 7) is 1.38. The molecule has 0 aliphatic carbocycles. The van der Waals surface area contributed by atoms with E-state index in [0.29, 0.717) is 11.4 Å². The van der Waals surface area contributed by atoms with Crippen molar-refractivity contribution in [3.8, 4) is 0 Å². The fraction of sp³-hybridized carbons (Fsp3) is 0.267. The van der Waals surface area contributed by atoms with Crippen molar-refractivity contribution >= 4 is 40.8 Å². The second kappa shape index (κ2) is 5.76. The van der Waals surface area contributed by atoms with Crippen molar-refractivity contribution < 1.29 is 23.9 Å². The van der Waals surface area contributed by atoms with Crippen LogP contribution < -0.4 is 15.6 Å². The highest BCUT2D eigenvalue weighted by Gasteiger charge is 2.55. The Kier molecular flexibility index (Phi) is 3.76. The van der Waals surface area contributed by atoms with Crippen LogP contribution in [-0.2, 0) is 23.9 Å². The van der Waals surface area contributed by atoms with E-state index in [4.69, 9.17) is 0 Å². The molecule has 1 saturated heterocycles. The molecule has 2 aliphatic rings. The third-order valence-corrected chi connectivity index (χ3v) is 3.77. The van der Waals surface area contributed by atoms with E-state index in [1.165, 1.54) is 26.2 Å². The van der Waals surface area contributed by atoms with Crippen LogP contribution in [0.3, 0.4) is 0 Å². The molecule has 2 heterocycles. The van der Waals surface area contributed by atoms with E-state index >= 15 is 0 Å². The minimum atomic E-state index is -1.00. The maximum Gasteiger partial charge on any atom is 0.355 e. The number of carbonyl (C=O) groups is 4. The zero-order valence-electron chi connectivity index (χ0n) is 12.9. The van der Waals surface area contributed by atoms with Gasteiger partial charge >= 0.3 is 5.97 Å². The fourth-order valence-electron chi connectivity index (χ4n) is 2.71. The van der Waals surface area contributed by atoms with Crippen LogP contribution in [0.25, 0.3) is 0 Å². The Morgan fingerprint density at radius 1 is 1.21 bits per heavy atom. The number of benzene rings is 1. The number of ether oxygens (including phenoxy) is 1. The number of methoxy groups -OCH3 is 1. The minimum absolute atomic E-state index is 0.113. The van der Waals surface area contributed by atoms with Crippen LogP contribution in [0.4, 0.5) is 11.4 Å². The summed E-state index contributed by atoms with van der Waals surface area (Å²) in [6, 6.07) is 5.32. The average Bonchev–Trinajstić information content (AvgIpc) is 3.08. The van der Waals surface area contributed by atoms with Crippen molar-refractivity contribution in [3.63, 3.8) is 0 Å². The van der Waals surface area contributed by atoms with Gasteiger partial charge in [0.2, 0.25) is 11.8 Å². The standard InChI is InChI=1S/C15H14N4O5/c1-7(20)16-8-3-5-9(6-4-8)19-13(21)10-11(14(19)22)17-18-12(10)15(23)24-2/h3-6,10-11,17H,1-2H3,(H,16,20). The smallest absolute Gasteiger partial charge is 0.355 e. The number of hydrogen-bond donors (Lipinski definition) is 2. The first-order valence-corrected chi connectivity index (χ1v) is 7.11. The molecule has 1 aromatic rings. The molecule has 2 N–H and O–H groups in total. The molecule has 0 aromatic heterocycles. The molecule has 0 radical (unpaired) electrons. The van der Waals surface area contributed by atoms with Gasteiger partial charge in [0, 0.05) is 12.6 Å². The summed E-state index contributed by atoms with van der Waals surface area (Å²) in [5.74, 6) is -3.03. The number of nitrogens with zero attached hydrogens (tertiary/aromatic N) is 2. The van der Waals surface area contributed by atoms with E-state index in [-0.39, 0.29) is 11.6 Å². The summed E-state index contributed by atoms with van der Waals surface area (Å²) in [4.78, 5) is 48.8. The van der Waals surface area contributed by atoms with E-state index in [1.54, 1.807) is 12.1 Å². The molecule has 2 aliphatic heterocycles. The van der Waals surface area contributed by atoms with Crippen molar-refractivity contribution in [2.75, 3.05) is 17.3 Å². The number of imide groups is 1. The third kappa shape index (κ3) is 2.39. The van der Waals surface area contributed by atoms with Gasteiger partial charge in [-0.25, -0.2) is 9.69 Å². The van der Waals surface area contributed by atoms with Crippen molar-refractivity contribution in [1.29, 1.82) is 0 Å². The van der Waals surface area contributed by atoms with Crippen molar-refractivity contribution in [2.24, 2.45) is 11.0 Å². The Morgan fingerprint density at radius 2 is 1.88 bits per heavy atom. The van der Waals surface area contributed by atoms with Gasteiger partial charge in [-0.3, -0.25) is 19.8 Å². The number of esters is 1. The monoisotopic (exact) mass is 330 g/mol. The molecule has 2 unspecified atom stereocenters. The van der Waals surface area contributed by atoms with Gasteiger partial charge in [0.05, 0.1) is 12.8 Å². The highest BCUT2D eigenvalue weighted by molar-refractivity contribution is 6.46. The lowest BCUT2D eigenvalue weighted by atomic mass is 9.99.